The van der Waals surface area contributed by atoms with E-state index in [0.29, 0.717) is 11.4 Å². The summed E-state index contributed by atoms with van der Waals surface area (Å²) in [6, 6.07) is 6.26. The van der Waals surface area contributed by atoms with E-state index in [1.54, 1.807) is 36.2 Å². The second-order valence-corrected chi connectivity index (χ2v) is 5.77. The lowest BCUT2D eigenvalue weighted by Crippen LogP contribution is -2.51. The molecule has 2 rings (SSSR count). The van der Waals surface area contributed by atoms with Gasteiger partial charge in [0.05, 0.1) is 11.4 Å². The van der Waals surface area contributed by atoms with Gasteiger partial charge in [-0.05, 0) is 32.4 Å². The van der Waals surface area contributed by atoms with Crippen LogP contribution in [0, 0.1) is 0 Å². The summed E-state index contributed by atoms with van der Waals surface area (Å²) in [5, 5.41) is -0.312. The van der Waals surface area contributed by atoms with Crippen LogP contribution < -0.4 is 9.80 Å². The molecular formula is C16H20FN3O3. The lowest BCUT2D eigenvalue weighted by atomic mass is 10.0. The number of halogens is 1. The molecule has 7 heteroatoms. The minimum absolute atomic E-state index is 0.0268. The zero-order chi connectivity index (χ0) is 17.1. The molecule has 23 heavy (non-hydrogen) atoms. The minimum atomic E-state index is -0.874. The summed E-state index contributed by atoms with van der Waals surface area (Å²) in [6.07, 6.45) is 0.942. The van der Waals surface area contributed by atoms with Crippen LogP contribution in [0.25, 0.3) is 0 Å². The molecule has 3 amide bonds. The van der Waals surface area contributed by atoms with Crippen molar-refractivity contribution in [1.29, 1.82) is 0 Å². The van der Waals surface area contributed by atoms with E-state index in [1.807, 2.05) is 13.8 Å². The van der Waals surface area contributed by atoms with Crippen LogP contribution in [0.5, 0.6) is 0 Å². The summed E-state index contributed by atoms with van der Waals surface area (Å²) < 4.78 is 13.6. The molecule has 1 aliphatic heterocycles. The van der Waals surface area contributed by atoms with Crippen molar-refractivity contribution < 1.29 is 18.9 Å². The Bertz CT molecular complexity index is 620. The molecule has 1 aliphatic rings. The van der Waals surface area contributed by atoms with Crippen LogP contribution in [0.2, 0.25) is 0 Å². The number of benzene rings is 1. The number of hydrogen-bond acceptors (Lipinski definition) is 4. The zero-order valence-electron chi connectivity index (χ0n) is 13.4. The normalized spacial score (nSPS) is 18.3. The molecule has 1 heterocycles. The third kappa shape index (κ3) is 3.18. The van der Waals surface area contributed by atoms with Crippen LogP contribution in [0.1, 0.15) is 26.7 Å². The van der Waals surface area contributed by atoms with Crippen molar-refractivity contribution in [2.75, 3.05) is 16.8 Å². The van der Waals surface area contributed by atoms with E-state index in [2.05, 4.69) is 0 Å². The molecule has 6 nitrogen and oxygen atoms in total. The molecule has 0 saturated carbocycles. The molecular weight excluding hydrogens is 301 g/mol. The van der Waals surface area contributed by atoms with Crippen molar-refractivity contribution in [2.24, 2.45) is 0 Å². The second kappa shape index (κ2) is 6.76. The molecule has 0 N–H and O–H groups in total. The Balaban J connectivity index is 2.36. The number of para-hydroxylation sites is 2. The van der Waals surface area contributed by atoms with Crippen LogP contribution >= 0.6 is 0 Å². The van der Waals surface area contributed by atoms with Crippen molar-refractivity contribution in [2.45, 2.75) is 38.8 Å². The number of carbonyl (C=O) groups is 3. The van der Waals surface area contributed by atoms with E-state index in [1.165, 1.54) is 4.90 Å². The van der Waals surface area contributed by atoms with Gasteiger partial charge < -0.3 is 9.80 Å². The van der Waals surface area contributed by atoms with Crippen molar-refractivity contribution in [3.63, 3.8) is 0 Å². The maximum atomic E-state index is 13.6. The first-order chi connectivity index (χ1) is 10.9. The molecule has 1 saturated heterocycles. The van der Waals surface area contributed by atoms with Crippen LogP contribution in [0.15, 0.2) is 24.3 Å². The van der Waals surface area contributed by atoms with Gasteiger partial charge in [-0.25, -0.2) is 0 Å². The molecule has 1 aromatic rings. The number of amides is 3. The average molecular weight is 321 g/mol. The third-order valence-electron chi connectivity index (χ3n) is 4.01. The minimum Gasteiger partial charge on any atom is -0.361 e. The highest BCUT2D eigenvalue weighted by molar-refractivity contribution is 6.01. The van der Waals surface area contributed by atoms with Crippen molar-refractivity contribution in [3.05, 3.63) is 24.3 Å². The predicted molar refractivity (Wildman–Crippen MR) is 84.5 cm³/mol. The van der Waals surface area contributed by atoms with Crippen LogP contribution in [0.4, 0.5) is 15.9 Å². The largest absolute Gasteiger partial charge is 0.361 e. The summed E-state index contributed by atoms with van der Waals surface area (Å²) in [5.74, 6) is -1.69. The highest BCUT2D eigenvalue weighted by atomic mass is 19.2. The number of rotatable bonds is 5. The number of anilines is 2. The van der Waals surface area contributed by atoms with Crippen LogP contribution in [-0.4, -0.2) is 42.5 Å². The van der Waals surface area contributed by atoms with Crippen molar-refractivity contribution in [3.8, 4) is 0 Å². The van der Waals surface area contributed by atoms with E-state index >= 15 is 0 Å². The zero-order valence-corrected chi connectivity index (χ0v) is 13.4. The summed E-state index contributed by atoms with van der Waals surface area (Å²) >= 11 is 0. The molecule has 124 valence electrons. The first-order valence-electron chi connectivity index (χ1n) is 7.46. The number of imide groups is 1. The maximum Gasteiger partial charge on any atom is 0.280 e. The summed E-state index contributed by atoms with van der Waals surface area (Å²) in [7, 11) is 1.66. The predicted octanol–water partition coefficient (Wildman–Crippen LogP) is 1.90. The molecule has 1 atom stereocenters. The molecule has 0 radical (unpaired) electrons. The molecule has 0 aliphatic carbocycles. The Kier molecular flexibility index (Phi) is 4.98. The van der Waals surface area contributed by atoms with Gasteiger partial charge in [-0.3, -0.25) is 14.4 Å². The number of hydrogen-bond donors (Lipinski definition) is 0. The smallest absolute Gasteiger partial charge is 0.280 e. The molecule has 0 aromatic heterocycles. The van der Waals surface area contributed by atoms with Crippen LogP contribution in [-0.2, 0) is 14.4 Å². The third-order valence-corrected chi connectivity index (χ3v) is 4.01. The van der Waals surface area contributed by atoms with Gasteiger partial charge in [0.1, 0.15) is 6.04 Å². The van der Waals surface area contributed by atoms with Crippen LogP contribution in [0.3, 0.4) is 0 Å². The monoisotopic (exact) mass is 321 g/mol. The van der Waals surface area contributed by atoms with Gasteiger partial charge in [0.25, 0.3) is 11.8 Å². The van der Waals surface area contributed by atoms with E-state index < -0.39 is 17.9 Å². The SMILES string of the molecule is CC(C)N(C=O)c1ccccc1N(C)C1CCC(=O)N(F)C1=O. The number of likely N-dealkylation sites (N-methyl/N-ethyl adjacent to an activating group) is 1. The topological polar surface area (TPSA) is 60.9 Å². The average Bonchev–Trinajstić information content (AvgIpc) is 2.53. The Morgan fingerprint density at radius 2 is 1.87 bits per heavy atom. The molecule has 1 unspecified atom stereocenters. The van der Waals surface area contributed by atoms with Crippen molar-refractivity contribution >= 4 is 29.6 Å². The Morgan fingerprint density at radius 3 is 2.43 bits per heavy atom. The summed E-state index contributed by atoms with van der Waals surface area (Å²) in [6.45, 7) is 3.75. The molecule has 1 aromatic carbocycles. The van der Waals surface area contributed by atoms with Gasteiger partial charge in [-0.1, -0.05) is 16.6 Å². The first-order valence-corrected chi connectivity index (χ1v) is 7.46. The van der Waals surface area contributed by atoms with Gasteiger partial charge in [0.15, 0.2) is 0 Å². The standard InChI is InChI=1S/C16H20FN3O3/c1-11(2)19(10-21)13-7-5-4-6-12(13)18(3)14-8-9-15(22)20(17)16(14)23/h4-7,10-11,14H,8-9H2,1-3H3. The molecule has 1 fully saturated rings. The lowest BCUT2D eigenvalue weighted by molar-refractivity contribution is -0.166. The van der Waals surface area contributed by atoms with Gasteiger partial charge in [0, 0.05) is 19.5 Å². The summed E-state index contributed by atoms with van der Waals surface area (Å²) in [5.41, 5.74) is 1.27. The van der Waals surface area contributed by atoms with E-state index in [0.717, 1.165) is 6.41 Å². The van der Waals surface area contributed by atoms with E-state index in [4.69, 9.17) is 0 Å². The molecule has 0 bridgehead atoms. The Morgan fingerprint density at radius 1 is 1.26 bits per heavy atom. The molecule has 0 spiro atoms. The lowest BCUT2D eigenvalue weighted by Gasteiger charge is -2.35. The fourth-order valence-electron chi connectivity index (χ4n) is 2.70. The van der Waals surface area contributed by atoms with Crippen molar-refractivity contribution in [1.82, 2.24) is 5.12 Å². The Labute approximate surface area is 134 Å². The van der Waals surface area contributed by atoms with Gasteiger partial charge in [-0.2, -0.15) is 0 Å². The fraction of sp³-hybridized carbons (Fsp3) is 0.438. The second-order valence-electron chi connectivity index (χ2n) is 5.77. The van der Waals surface area contributed by atoms with Gasteiger partial charge in [-0.15, -0.1) is 5.12 Å². The number of nitrogens with zero attached hydrogens (tertiary/aromatic N) is 3. The van der Waals surface area contributed by atoms with E-state index in [9.17, 15) is 18.9 Å². The van der Waals surface area contributed by atoms with E-state index in [-0.39, 0.29) is 24.0 Å². The number of carbonyl (C=O) groups excluding carboxylic acids is 3. The maximum absolute atomic E-state index is 13.6. The first kappa shape index (κ1) is 16.9. The van der Waals surface area contributed by atoms with Gasteiger partial charge in [0.2, 0.25) is 6.41 Å². The quantitative estimate of drug-likeness (QED) is 0.472. The summed E-state index contributed by atoms with van der Waals surface area (Å²) in [4.78, 5) is 37.9. The highest BCUT2D eigenvalue weighted by Gasteiger charge is 2.38. The van der Waals surface area contributed by atoms with Gasteiger partial charge >= 0.3 is 0 Å². The number of piperidine rings is 1. The highest BCUT2D eigenvalue weighted by Crippen LogP contribution is 2.32. The Hall–Kier alpha value is -2.44. The fourth-order valence-corrected chi connectivity index (χ4v) is 2.70.